The Balaban J connectivity index is 2.06. The molecule has 0 heterocycles. The Morgan fingerprint density at radius 2 is 2.10 bits per heavy atom. The molecule has 1 aromatic carbocycles. The molecule has 0 aliphatic heterocycles. The summed E-state index contributed by atoms with van der Waals surface area (Å²) in [6.07, 6.45) is 0.443. The molecule has 1 rings (SSSR count). The third kappa shape index (κ3) is 8.67. The number of aliphatic hydroxyl groups excluding tert-OH is 1. The number of hydrogen-bond acceptors (Lipinski definition) is 5. The van der Waals surface area contributed by atoms with E-state index in [1.807, 2.05) is 18.2 Å². The van der Waals surface area contributed by atoms with Crippen LogP contribution in [0.5, 0.6) is 5.75 Å². The van der Waals surface area contributed by atoms with Crippen LogP contribution in [0.15, 0.2) is 24.3 Å². The first-order valence-electron chi connectivity index (χ1n) is 7.43. The van der Waals surface area contributed by atoms with Crippen LogP contribution in [0.25, 0.3) is 0 Å². The van der Waals surface area contributed by atoms with E-state index < -0.39 is 6.10 Å². The normalized spacial score (nSPS) is 12.3. The summed E-state index contributed by atoms with van der Waals surface area (Å²) in [6.45, 7) is 5.38. The van der Waals surface area contributed by atoms with Crippen molar-refractivity contribution in [1.29, 1.82) is 0 Å². The van der Waals surface area contributed by atoms with Gasteiger partial charge in [-0.25, -0.2) is 0 Å². The van der Waals surface area contributed by atoms with Gasteiger partial charge in [0.05, 0.1) is 19.8 Å². The molecule has 120 valence electrons. The second kappa shape index (κ2) is 11.5. The molecule has 5 heteroatoms. The molecular weight excluding hydrogens is 270 g/mol. The summed E-state index contributed by atoms with van der Waals surface area (Å²) in [5.74, 6) is 0.802. The highest BCUT2D eigenvalue weighted by molar-refractivity contribution is 5.28. The maximum atomic E-state index is 9.83. The number of nitrogens with one attached hydrogen (secondary N) is 1. The Hall–Kier alpha value is -1.14. The molecule has 0 saturated heterocycles. The predicted octanol–water partition coefficient (Wildman–Crippen LogP) is 1.24. The van der Waals surface area contributed by atoms with Crippen molar-refractivity contribution in [3.8, 4) is 5.75 Å². The zero-order valence-electron chi connectivity index (χ0n) is 13.0. The number of methoxy groups -OCH3 is 1. The second-order valence-electron chi connectivity index (χ2n) is 4.78. The van der Waals surface area contributed by atoms with Crippen molar-refractivity contribution >= 4 is 0 Å². The fourth-order valence-corrected chi connectivity index (χ4v) is 1.76. The van der Waals surface area contributed by atoms with E-state index in [0.717, 1.165) is 12.2 Å². The van der Waals surface area contributed by atoms with Gasteiger partial charge in [-0.2, -0.15) is 0 Å². The minimum absolute atomic E-state index is 0.282. The number of benzene rings is 1. The summed E-state index contributed by atoms with van der Waals surface area (Å²) in [5.41, 5.74) is 1.23. The van der Waals surface area contributed by atoms with Crippen LogP contribution in [0, 0.1) is 0 Å². The molecule has 5 nitrogen and oxygen atoms in total. The van der Waals surface area contributed by atoms with Gasteiger partial charge in [0.1, 0.15) is 18.5 Å². The zero-order chi connectivity index (χ0) is 15.3. The maximum absolute atomic E-state index is 9.83. The third-order valence-corrected chi connectivity index (χ3v) is 2.98. The average molecular weight is 297 g/mol. The fourth-order valence-electron chi connectivity index (χ4n) is 1.76. The molecule has 0 fully saturated rings. The van der Waals surface area contributed by atoms with Crippen LogP contribution < -0.4 is 10.1 Å². The van der Waals surface area contributed by atoms with Crippen LogP contribution in [0.3, 0.4) is 0 Å². The quantitative estimate of drug-likeness (QED) is 0.569. The second-order valence-corrected chi connectivity index (χ2v) is 4.78. The first-order chi connectivity index (χ1) is 10.3. The van der Waals surface area contributed by atoms with Gasteiger partial charge < -0.3 is 24.6 Å². The summed E-state index contributed by atoms with van der Waals surface area (Å²) in [7, 11) is 1.65. The minimum Gasteiger partial charge on any atom is -0.491 e. The van der Waals surface area contributed by atoms with E-state index in [1.165, 1.54) is 5.56 Å². The summed E-state index contributed by atoms with van der Waals surface area (Å²) >= 11 is 0. The fraction of sp³-hybridized carbons (Fsp3) is 0.625. The standard InChI is InChI=1S/C16H27NO4/c1-3-14-5-4-6-16(11-14)21-13-15(18)12-17-7-8-20-10-9-19-2/h4-6,11,15,17-18H,3,7-10,12-13H2,1-2H3. The van der Waals surface area contributed by atoms with E-state index in [0.29, 0.717) is 32.9 Å². The third-order valence-electron chi connectivity index (χ3n) is 2.98. The lowest BCUT2D eigenvalue weighted by atomic mass is 10.2. The number of hydrogen-bond donors (Lipinski definition) is 2. The lowest BCUT2D eigenvalue weighted by Crippen LogP contribution is -2.33. The van der Waals surface area contributed by atoms with Crippen LogP contribution in [0.4, 0.5) is 0 Å². The SMILES string of the molecule is CCc1cccc(OCC(O)CNCCOCCOC)c1. The molecule has 1 unspecified atom stereocenters. The zero-order valence-corrected chi connectivity index (χ0v) is 13.0. The van der Waals surface area contributed by atoms with Gasteiger partial charge in [0, 0.05) is 20.2 Å². The van der Waals surface area contributed by atoms with Crippen LogP contribution in [0.2, 0.25) is 0 Å². The maximum Gasteiger partial charge on any atom is 0.119 e. The molecular formula is C16H27NO4. The Bertz CT molecular complexity index is 373. The van der Waals surface area contributed by atoms with Crippen molar-refractivity contribution in [1.82, 2.24) is 5.32 Å². The minimum atomic E-state index is -0.533. The largest absolute Gasteiger partial charge is 0.491 e. The molecule has 0 aromatic heterocycles. The van der Waals surface area contributed by atoms with Gasteiger partial charge in [-0.15, -0.1) is 0 Å². The lowest BCUT2D eigenvalue weighted by molar-refractivity contribution is 0.0679. The lowest BCUT2D eigenvalue weighted by Gasteiger charge is -2.14. The monoisotopic (exact) mass is 297 g/mol. The molecule has 0 bridgehead atoms. The van der Waals surface area contributed by atoms with E-state index in [9.17, 15) is 5.11 Å². The highest BCUT2D eigenvalue weighted by atomic mass is 16.5. The molecule has 0 saturated carbocycles. The van der Waals surface area contributed by atoms with Crippen molar-refractivity contribution in [3.63, 3.8) is 0 Å². The van der Waals surface area contributed by atoms with Gasteiger partial charge in [0.25, 0.3) is 0 Å². The molecule has 0 spiro atoms. The molecule has 0 aliphatic carbocycles. The first-order valence-corrected chi connectivity index (χ1v) is 7.43. The van der Waals surface area contributed by atoms with Gasteiger partial charge in [0.15, 0.2) is 0 Å². The van der Waals surface area contributed by atoms with E-state index in [-0.39, 0.29) is 6.61 Å². The molecule has 1 atom stereocenters. The van der Waals surface area contributed by atoms with Gasteiger partial charge in [-0.3, -0.25) is 0 Å². The smallest absolute Gasteiger partial charge is 0.119 e. The Morgan fingerprint density at radius 1 is 1.24 bits per heavy atom. The average Bonchev–Trinajstić information content (AvgIpc) is 2.52. The van der Waals surface area contributed by atoms with Crippen LogP contribution in [0.1, 0.15) is 12.5 Å². The molecule has 0 amide bonds. The van der Waals surface area contributed by atoms with Crippen molar-refractivity contribution in [2.75, 3.05) is 46.6 Å². The van der Waals surface area contributed by atoms with Gasteiger partial charge in [0.2, 0.25) is 0 Å². The van der Waals surface area contributed by atoms with Gasteiger partial charge in [-0.1, -0.05) is 19.1 Å². The summed E-state index contributed by atoms with van der Waals surface area (Å²) in [5, 5.41) is 13.0. The Labute approximate surface area is 127 Å². The number of ether oxygens (including phenoxy) is 3. The van der Waals surface area contributed by atoms with Crippen molar-refractivity contribution in [2.45, 2.75) is 19.4 Å². The Kier molecular flexibility index (Phi) is 9.82. The topological polar surface area (TPSA) is 60.0 Å². The summed E-state index contributed by atoms with van der Waals surface area (Å²) in [6, 6.07) is 7.94. The van der Waals surface area contributed by atoms with Crippen molar-refractivity contribution in [3.05, 3.63) is 29.8 Å². The van der Waals surface area contributed by atoms with Crippen LogP contribution in [-0.4, -0.2) is 57.8 Å². The molecule has 21 heavy (non-hydrogen) atoms. The van der Waals surface area contributed by atoms with Crippen LogP contribution in [-0.2, 0) is 15.9 Å². The highest BCUT2D eigenvalue weighted by Gasteiger charge is 2.05. The predicted molar refractivity (Wildman–Crippen MR) is 82.9 cm³/mol. The molecule has 0 radical (unpaired) electrons. The van der Waals surface area contributed by atoms with Gasteiger partial charge in [-0.05, 0) is 24.1 Å². The first kappa shape index (κ1) is 17.9. The Morgan fingerprint density at radius 3 is 2.86 bits per heavy atom. The van der Waals surface area contributed by atoms with E-state index in [4.69, 9.17) is 14.2 Å². The van der Waals surface area contributed by atoms with Crippen molar-refractivity contribution in [2.24, 2.45) is 0 Å². The van der Waals surface area contributed by atoms with E-state index in [1.54, 1.807) is 7.11 Å². The molecule has 2 N–H and O–H groups in total. The van der Waals surface area contributed by atoms with E-state index in [2.05, 4.69) is 18.3 Å². The van der Waals surface area contributed by atoms with Crippen molar-refractivity contribution < 1.29 is 19.3 Å². The highest BCUT2D eigenvalue weighted by Crippen LogP contribution is 2.13. The summed E-state index contributed by atoms with van der Waals surface area (Å²) in [4.78, 5) is 0. The summed E-state index contributed by atoms with van der Waals surface area (Å²) < 4.78 is 15.8. The van der Waals surface area contributed by atoms with Crippen LogP contribution >= 0.6 is 0 Å². The van der Waals surface area contributed by atoms with E-state index >= 15 is 0 Å². The molecule has 0 aliphatic rings. The van der Waals surface area contributed by atoms with Gasteiger partial charge >= 0.3 is 0 Å². The number of aliphatic hydroxyl groups is 1. The number of aryl methyl sites for hydroxylation is 1. The molecule has 1 aromatic rings. The number of rotatable bonds is 12.